The maximum atomic E-state index is 13.4. The molecule has 0 aliphatic carbocycles. The Balaban J connectivity index is 2.10. The Morgan fingerprint density at radius 3 is 2.38 bits per heavy atom. The average Bonchev–Trinajstić information content (AvgIpc) is 2.58. The van der Waals surface area contributed by atoms with Crippen LogP contribution in [-0.2, 0) is 9.59 Å². The summed E-state index contributed by atoms with van der Waals surface area (Å²) in [6, 6.07) is 7.89. The second-order valence-electron chi connectivity index (χ2n) is 5.35. The van der Waals surface area contributed by atoms with Gasteiger partial charge < -0.3 is 16.4 Å². The number of nitrogens with two attached hydrogens (primary N) is 1. The summed E-state index contributed by atoms with van der Waals surface area (Å²) in [5.74, 6) is -2.58. The molecule has 4 N–H and O–H groups in total. The predicted octanol–water partition coefficient (Wildman–Crippen LogP) is 3.93. The van der Waals surface area contributed by atoms with Crippen LogP contribution < -0.4 is 16.4 Å². The molecule has 0 saturated heterocycles. The van der Waals surface area contributed by atoms with E-state index in [0.717, 1.165) is 6.07 Å². The van der Waals surface area contributed by atoms with Crippen LogP contribution in [0.1, 0.15) is 18.0 Å². The van der Waals surface area contributed by atoms with Gasteiger partial charge in [-0.3, -0.25) is 9.59 Å². The van der Waals surface area contributed by atoms with Gasteiger partial charge in [-0.15, -0.1) is 0 Å². The lowest BCUT2D eigenvalue weighted by atomic mass is 10.0. The van der Waals surface area contributed by atoms with Gasteiger partial charge in [-0.25, -0.2) is 4.39 Å². The van der Waals surface area contributed by atoms with Crippen molar-refractivity contribution < 1.29 is 14.0 Å². The maximum absolute atomic E-state index is 13.4. The molecule has 0 spiro atoms. The van der Waals surface area contributed by atoms with Crippen LogP contribution in [0.4, 0.5) is 10.1 Å². The van der Waals surface area contributed by atoms with E-state index in [0.29, 0.717) is 22.0 Å². The number of carbonyl (C=O) groups excluding carboxylic acids is 2. The molecule has 2 amide bonds. The van der Waals surface area contributed by atoms with Crippen molar-refractivity contribution in [2.75, 3.05) is 11.9 Å². The maximum Gasteiger partial charge on any atom is 0.313 e. The third-order valence-electron chi connectivity index (χ3n) is 3.48. The SMILES string of the molecule is NCCC(NC(=O)C(=O)Nc1ccc(Cl)c(F)c1)c1ccc(Cl)cc1Cl. The fourth-order valence-corrected chi connectivity index (χ4v) is 2.90. The van der Waals surface area contributed by atoms with E-state index in [-0.39, 0.29) is 17.3 Å². The molecule has 0 aliphatic heterocycles. The highest BCUT2D eigenvalue weighted by molar-refractivity contribution is 6.40. The molecule has 2 rings (SSSR count). The standard InChI is InChI=1S/C17H15Cl3FN3O2/c18-9-1-3-11(13(20)7-9)15(5-6-22)24-17(26)16(25)23-10-2-4-12(19)14(21)8-10/h1-4,7-8,15H,5-6,22H2,(H,23,25)(H,24,26). The van der Waals surface area contributed by atoms with E-state index >= 15 is 0 Å². The number of anilines is 1. The fraction of sp³-hybridized carbons (Fsp3) is 0.176. The summed E-state index contributed by atoms with van der Waals surface area (Å²) in [6.07, 6.45) is 0.357. The lowest BCUT2D eigenvalue weighted by Gasteiger charge is -2.19. The highest BCUT2D eigenvalue weighted by Gasteiger charge is 2.21. The first-order chi connectivity index (χ1) is 12.3. The van der Waals surface area contributed by atoms with Crippen LogP contribution in [0.5, 0.6) is 0 Å². The summed E-state index contributed by atoms with van der Waals surface area (Å²) in [5, 5.41) is 5.56. The van der Waals surface area contributed by atoms with Crippen molar-refractivity contribution in [2.45, 2.75) is 12.5 Å². The monoisotopic (exact) mass is 417 g/mol. The van der Waals surface area contributed by atoms with Crippen molar-refractivity contribution in [3.8, 4) is 0 Å². The molecule has 0 fully saturated rings. The van der Waals surface area contributed by atoms with Gasteiger partial charge in [-0.05, 0) is 48.9 Å². The third-order valence-corrected chi connectivity index (χ3v) is 4.35. The fourth-order valence-electron chi connectivity index (χ4n) is 2.24. The van der Waals surface area contributed by atoms with Gasteiger partial charge in [0.05, 0.1) is 11.1 Å². The third kappa shape index (κ3) is 5.32. The van der Waals surface area contributed by atoms with Gasteiger partial charge in [0.2, 0.25) is 0 Å². The average molecular weight is 419 g/mol. The second kappa shape index (κ2) is 9.19. The number of nitrogens with one attached hydrogen (secondary N) is 2. The normalized spacial score (nSPS) is 11.7. The highest BCUT2D eigenvalue weighted by atomic mass is 35.5. The molecule has 138 valence electrons. The molecule has 2 aromatic rings. The number of rotatable bonds is 5. The summed E-state index contributed by atoms with van der Waals surface area (Å²) in [5.41, 5.74) is 6.26. The van der Waals surface area contributed by atoms with Gasteiger partial charge in [0, 0.05) is 15.7 Å². The van der Waals surface area contributed by atoms with E-state index in [1.165, 1.54) is 18.2 Å². The minimum atomic E-state index is -0.959. The molecule has 0 heterocycles. The zero-order valence-electron chi connectivity index (χ0n) is 13.4. The van der Waals surface area contributed by atoms with Crippen LogP contribution in [0, 0.1) is 5.82 Å². The van der Waals surface area contributed by atoms with Crippen LogP contribution in [0.15, 0.2) is 36.4 Å². The van der Waals surface area contributed by atoms with Crippen molar-refractivity contribution in [1.82, 2.24) is 5.32 Å². The van der Waals surface area contributed by atoms with E-state index in [2.05, 4.69) is 10.6 Å². The predicted molar refractivity (Wildman–Crippen MR) is 101 cm³/mol. The summed E-state index contributed by atoms with van der Waals surface area (Å²) in [6.45, 7) is 0.258. The quantitative estimate of drug-likeness (QED) is 0.643. The van der Waals surface area contributed by atoms with E-state index in [1.807, 2.05) is 0 Å². The molecular formula is C17H15Cl3FN3O2. The van der Waals surface area contributed by atoms with E-state index in [4.69, 9.17) is 40.5 Å². The Labute approximate surface area is 164 Å². The Kier molecular flexibility index (Phi) is 7.23. The van der Waals surface area contributed by atoms with Crippen molar-refractivity contribution in [3.63, 3.8) is 0 Å². The Morgan fingerprint density at radius 1 is 1.04 bits per heavy atom. The first-order valence-electron chi connectivity index (χ1n) is 7.53. The van der Waals surface area contributed by atoms with Crippen LogP contribution in [0.3, 0.4) is 0 Å². The summed E-state index contributed by atoms with van der Waals surface area (Å²) in [7, 11) is 0. The Morgan fingerprint density at radius 2 is 1.77 bits per heavy atom. The smallest absolute Gasteiger partial charge is 0.313 e. The number of amides is 2. The zero-order valence-corrected chi connectivity index (χ0v) is 15.6. The van der Waals surface area contributed by atoms with Gasteiger partial charge in [0.25, 0.3) is 0 Å². The van der Waals surface area contributed by atoms with Crippen molar-refractivity contribution in [2.24, 2.45) is 5.73 Å². The highest BCUT2D eigenvalue weighted by Crippen LogP contribution is 2.28. The summed E-state index contributed by atoms with van der Waals surface area (Å²) < 4.78 is 13.4. The van der Waals surface area contributed by atoms with Crippen LogP contribution in [-0.4, -0.2) is 18.4 Å². The van der Waals surface area contributed by atoms with Gasteiger partial charge in [0.1, 0.15) is 5.82 Å². The van der Waals surface area contributed by atoms with Crippen molar-refractivity contribution in [3.05, 3.63) is 62.8 Å². The molecule has 0 bridgehead atoms. The van der Waals surface area contributed by atoms with Gasteiger partial charge >= 0.3 is 11.8 Å². The number of carbonyl (C=O) groups is 2. The van der Waals surface area contributed by atoms with Gasteiger partial charge in [-0.1, -0.05) is 40.9 Å². The van der Waals surface area contributed by atoms with E-state index < -0.39 is 23.7 Å². The Hall–Kier alpha value is -1.86. The van der Waals surface area contributed by atoms with Gasteiger partial charge in [0.15, 0.2) is 0 Å². The summed E-state index contributed by atoms with van der Waals surface area (Å²) >= 11 is 17.6. The minimum Gasteiger partial charge on any atom is -0.341 e. The Bertz CT molecular complexity index is 833. The number of hydrogen-bond donors (Lipinski definition) is 3. The zero-order chi connectivity index (χ0) is 19.3. The first-order valence-corrected chi connectivity index (χ1v) is 8.67. The molecular weight excluding hydrogens is 404 g/mol. The van der Waals surface area contributed by atoms with Crippen LogP contribution in [0.25, 0.3) is 0 Å². The molecule has 1 unspecified atom stereocenters. The van der Waals surface area contributed by atoms with Gasteiger partial charge in [-0.2, -0.15) is 0 Å². The van der Waals surface area contributed by atoms with E-state index in [9.17, 15) is 14.0 Å². The number of halogens is 4. The molecule has 5 nitrogen and oxygen atoms in total. The minimum absolute atomic E-state index is 0.0900. The van der Waals surface area contributed by atoms with Crippen LogP contribution in [0.2, 0.25) is 15.1 Å². The molecule has 0 aliphatic rings. The molecule has 26 heavy (non-hydrogen) atoms. The molecule has 9 heteroatoms. The van der Waals surface area contributed by atoms with Crippen molar-refractivity contribution >= 4 is 52.3 Å². The first kappa shape index (κ1) is 20.5. The molecule has 2 aromatic carbocycles. The molecule has 0 radical (unpaired) electrons. The largest absolute Gasteiger partial charge is 0.341 e. The van der Waals surface area contributed by atoms with E-state index in [1.54, 1.807) is 12.1 Å². The number of hydrogen-bond acceptors (Lipinski definition) is 3. The number of benzene rings is 2. The molecule has 0 aromatic heterocycles. The second-order valence-corrected chi connectivity index (χ2v) is 6.60. The van der Waals surface area contributed by atoms with Crippen molar-refractivity contribution in [1.29, 1.82) is 0 Å². The molecule has 0 saturated carbocycles. The lowest BCUT2D eigenvalue weighted by Crippen LogP contribution is -2.38. The van der Waals surface area contributed by atoms with Crippen LogP contribution >= 0.6 is 34.8 Å². The lowest BCUT2D eigenvalue weighted by molar-refractivity contribution is -0.136. The summed E-state index contributed by atoms with van der Waals surface area (Å²) in [4.78, 5) is 24.2. The topological polar surface area (TPSA) is 84.2 Å². The molecule has 1 atom stereocenters.